The summed E-state index contributed by atoms with van der Waals surface area (Å²) >= 11 is 0. The second-order valence-corrected chi connectivity index (χ2v) is 6.40. The molecule has 29 heavy (non-hydrogen) atoms. The van der Waals surface area contributed by atoms with Crippen molar-refractivity contribution >= 4 is 11.8 Å². The van der Waals surface area contributed by atoms with Crippen LogP contribution in [-0.2, 0) is 17.9 Å². The molecule has 1 N–H and O–H groups in total. The number of aromatic amines is 1. The Balaban J connectivity index is 0.000000212. The van der Waals surface area contributed by atoms with Crippen molar-refractivity contribution in [1.29, 1.82) is 0 Å². The fraction of sp³-hybridized carbons (Fsp3) is 0.273. The molecule has 0 aliphatic carbocycles. The molecule has 0 unspecified atom stereocenters. The maximum Gasteiger partial charge on any atom is 0.359 e. The third kappa shape index (κ3) is 6.78. The minimum atomic E-state index is -0.409. The number of terminal acetylenes is 1. The lowest BCUT2D eigenvalue weighted by Gasteiger charge is -2.02. The summed E-state index contributed by atoms with van der Waals surface area (Å²) in [5.74, 6) is 2.14. The highest BCUT2D eigenvalue weighted by Crippen LogP contribution is 2.06. The van der Waals surface area contributed by atoms with Gasteiger partial charge in [0.1, 0.15) is 12.3 Å². The Morgan fingerprint density at radius 2 is 1.93 bits per heavy atom. The van der Waals surface area contributed by atoms with Gasteiger partial charge in [0.25, 0.3) is 0 Å². The molecule has 0 atom stereocenters. The van der Waals surface area contributed by atoms with Crippen LogP contribution in [-0.4, -0.2) is 31.7 Å². The molecule has 2 aromatic heterocycles. The number of aromatic nitrogens is 4. The predicted molar refractivity (Wildman–Crippen MR) is 109 cm³/mol. The first-order chi connectivity index (χ1) is 13.9. The molecule has 3 aromatic rings. The zero-order valence-corrected chi connectivity index (χ0v) is 16.8. The maximum absolute atomic E-state index is 11.5. The van der Waals surface area contributed by atoms with Gasteiger partial charge >= 0.3 is 5.97 Å². The highest BCUT2D eigenvalue weighted by atomic mass is 16.5. The van der Waals surface area contributed by atoms with E-state index in [0.717, 1.165) is 17.0 Å². The van der Waals surface area contributed by atoms with E-state index in [1.807, 2.05) is 44.2 Å². The van der Waals surface area contributed by atoms with Gasteiger partial charge in [0.15, 0.2) is 11.5 Å². The standard InChI is InChI=1S/C12H12N2O2.C10H12N2O/c1-9-7-11(14-13-9)12(15)16-8-10-5-3-2-4-6-10;1-4-5-6-12-10(9(3)13)7-8(2)11-12/h2-7H,8H2,1H3,(H,13,14);1,7H,5-6H2,2-3H3. The smallest absolute Gasteiger partial charge is 0.359 e. The van der Waals surface area contributed by atoms with Crippen LogP contribution in [0.15, 0.2) is 42.5 Å². The van der Waals surface area contributed by atoms with Crippen LogP contribution in [0.2, 0.25) is 0 Å². The molecule has 0 saturated heterocycles. The van der Waals surface area contributed by atoms with Crippen molar-refractivity contribution in [2.75, 3.05) is 0 Å². The Labute approximate surface area is 170 Å². The minimum Gasteiger partial charge on any atom is -0.456 e. The fourth-order valence-corrected chi connectivity index (χ4v) is 2.49. The second kappa shape index (κ2) is 10.6. The van der Waals surface area contributed by atoms with E-state index in [1.54, 1.807) is 16.8 Å². The van der Waals surface area contributed by atoms with Crippen molar-refractivity contribution in [2.45, 2.75) is 40.3 Å². The van der Waals surface area contributed by atoms with Crippen molar-refractivity contribution in [1.82, 2.24) is 20.0 Å². The normalized spacial score (nSPS) is 9.86. The van der Waals surface area contributed by atoms with E-state index in [2.05, 4.69) is 21.2 Å². The number of carbonyl (C=O) groups is 2. The Bertz CT molecular complexity index is 997. The van der Waals surface area contributed by atoms with E-state index < -0.39 is 5.97 Å². The number of ketones is 1. The third-order valence-electron chi connectivity index (χ3n) is 3.86. The maximum atomic E-state index is 11.5. The van der Waals surface area contributed by atoms with Crippen molar-refractivity contribution in [3.05, 3.63) is 70.8 Å². The Kier molecular flexibility index (Phi) is 7.92. The largest absolute Gasteiger partial charge is 0.456 e. The Hall–Kier alpha value is -3.66. The summed E-state index contributed by atoms with van der Waals surface area (Å²) in [6.07, 6.45) is 5.73. The SMILES string of the molecule is C#CCCn1nc(C)cc1C(C)=O.Cc1cc(C(=O)OCc2ccccc2)n[nH]1. The molecule has 0 radical (unpaired) electrons. The fourth-order valence-electron chi connectivity index (χ4n) is 2.49. The molecule has 150 valence electrons. The number of esters is 1. The highest BCUT2D eigenvalue weighted by molar-refractivity contribution is 5.92. The molecule has 1 aromatic carbocycles. The highest BCUT2D eigenvalue weighted by Gasteiger charge is 2.10. The molecule has 0 saturated carbocycles. The van der Waals surface area contributed by atoms with Gasteiger partial charge in [-0.1, -0.05) is 30.3 Å². The number of carbonyl (C=O) groups excluding carboxylic acids is 2. The van der Waals surface area contributed by atoms with Crippen molar-refractivity contribution in [3.63, 3.8) is 0 Å². The quantitative estimate of drug-likeness (QED) is 0.394. The molecule has 2 heterocycles. The summed E-state index contributed by atoms with van der Waals surface area (Å²) in [6.45, 7) is 6.10. The van der Waals surface area contributed by atoms with Gasteiger partial charge in [-0.25, -0.2) is 4.79 Å². The molecule has 7 nitrogen and oxygen atoms in total. The number of rotatable bonds is 6. The molecule has 0 spiro atoms. The van der Waals surface area contributed by atoms with Crippen molar-refractivity contribution < 1.29 is 14.3 Å². The summed E-state index contributed by atoms with van der Waals surface area (Å²) in [5, 5.41) is 10.7. The van der Waals surface area contributed by atoms with Gasteiger partial charge in [0.05, 0.1) is 12.2 Å². The van der Waals surface area contributed by atoms with E-state index in [1.165, 1.54) is 6.92 Å². The number of benzene rings is 1. The summed E-state index contributed by atoms with van der Waals surface area (Å²) in [7, 11) is 0. The predicted octanol–water partition coefficient (Wildman–Crippen LogP) is 3.49. The molecule has 0 amide bonds. The van der Waals surface area contributed by atoms with Gasteiger partial charge < -0.3 is 4.74 Å². The van der Waals surface area contributed by atoms with Gasteiger partial charge in [0.2, 0.25) is 0 Å². The average Bonchev–Trinajstić information content (AvgIpc) is 3.31. The monoisotopic (exact) mass is 392 g/mol. The lowest BCUT2D eigenvalue weighted by Crippen LogP contribution is -2.07. The number of nitrogens with zero attached hydrogens (tertiary/aromatic N) is 3. The number of H-pyrrole nitrogens is 1. The molecule has 3 rings (SSSR count). The van der Waals surface area contributed by atoms with Crippen LogP contribution >= 0.6 is 0 Å². The van der Waals surface area contributed by atoms with Crippen LogP contribution < -0.4 is 0 Å². The first-order valence-electron chi connectivity index (χ1n) is 9.12. The van der Waals surface area contributed by atoms with Gasteiger partial charge in [-0.3, -0.25) is 14.6 Å². The van der Waals surface area contributed by atoms with Crippen molar-refractivity contribution in [3.8, 4) is 12.3 Å². The Morgan fingerprint density at radius 3 is 2.52 bits per heavy atom. The zero-order chi connectivity index (χ0) is 21.2. The van der Waals surface area contributed by atoms with Gasteiger partial charge in [0, 0.05) is 19.0 Å². The number of hydrogen-bond donors (Lipinski definition) is 1. The summed E-state index contributed by atoms with van der Waals surface area (Å²) in [6, 6.07) is 13.0. The molecule has 7 heteroatoms. The molecular weight excluding hydrogens is 368 g/mol. The van der Waals surface area contributed by atoms with E-state index in [-0.39, 0.29) is 12.4 Å². The number of aryl methyl sites for hydroxylation is 3. The molecule has 0 aliphatic rings. The van der Waals surface area contributed by atoms with E-state index in [4.69, 9.17) is 11.2 Å². The van der Waals surface area contributed by atoms with Crippen LogP contribution in [0.1, 0.15) is 51.3 Å². The number of Topliss-reactive ketones (excluding diaryl/α,β-unsaturated/α-hetero) is 1. The number of hydrogen-bond acceptors (Lipinski definition) is 5. The number of nitrogens with one attached hydrogen (secondary N) is 1. The van der Waals surface area contributed by atoms with E-state index >= 15 is 0 Å². The van der Waals surface area contributed by atoms with Crippen LogP contribution in [0.25, 0.3) is 0 Å². The van der Waals surface area contributed by atoms with Crippen LogP contribution in [0, 0.1) is 26.2 Å². The summed E-state index contributed by atoms with van der Waals surface area (Å²) < 4.78 is 6.77. The topological polar surface area (TPSA) is 89.9 Å². The third-order valence-corrected chi connectivity index (χ3v) is 3.86. The first kappa shape index (κ1) is 21.6. The van der Waals surface area contributed by atoms with Crippen LogP contribution in [0.5, 0.6) is 0 Å². The van der Waals surface area contributed by atoms with Gasteiger partial charge in [-0.05, 0) is 31.5 Å². The Morgan fingerprint density at radius 1 is 1.21 bits per heavy atom. The average molecular weight is 392 g/mol. The molecule has 0 fully saturated rings. The van der Waals surface area contributed by atoms with E-state index in [0.29, 0.717) is 24.4 Å². The molecule has 0 bridgehead atoms. The zero-order valence-electron chi connectivity index (χ0n) is 16.8. The lowest BCUT2D eigenvalue weighted by molar-refractivity contribution is 0.0465. The second-order valence-electron chi connectivity index (χ2n) is 6.40. The van der Waals surface area contributed by atoms with Gasteiger partial charge in [-0.2, -0.15) is 10.2 Å². The minimum absolute atomic E-state index is 0.0256. The van der Waals surface area contributed by atoms with Crippen LogP contribution in [0.3, 0.4) is 0 Å². The lowest BCUT2D eigenvalue weighted by atomic mass is 10.2. The molecule has 0 aliphatic heterocycles. The number of ether oxygens (including phenoxy) is 1. The summed E-state index contributed by atoms with van der Waals surface area (Å²) in [4.78, 5) is 22.7. The van der Waals surface area contributed by atoms with Crippen LogP contribution in [0.4, 0.5) is 0 Å². The van der Waals surface area contributed by atoms with E-state index in [9.17, 15) is 9.59 Å². The summed E-state index contributed by atoms with van der Waals surface area (Å²) in [5.41, 5.74) is 3.60. The van der Waals surface area contributed by atoms with Crippen molar-refractivity contribution in [2.24, 2.45) is 0 Å². The van der Waals surface area contributed by atoms with Gasteiger partial charge in [-0.15, -0.1) is 12.3 Å². The molecular formula is C22H24N4O3. The first-order valence-corrected chi connectivity index (χ1v) is 9.12.